The van der Waals surface area contributed by atoms with Crippen LogP contribution in [0.2, 0.25) is 0 Å². The van der Waals surface area contributed by atoms with Gasteiger partial charge in [0.25, 0.3) is 5.56 Å². The number of aromatic amines is 1. The Hall–Kier alpha value is -3.08. The summed E-state index contributed by atoms with van der Waals surface area (Å²) in [5.41, 5.74) is 1.29. The molecule has 3 aromatic heterocycles. The number of rotatable bonds is 10. The minimum Gasteiger partial charge on any atom is -0.494 e. The first-order chi connectivity index (χ1) is 19.2. The third kappa shape index (κ3) is 5.78. The first-order valence-electron chi connectivity index (χ1n) is 14.1. The molecule has 2 aliphatic rings. The van der Waals surface area contributed by atoms with Crippen molar-refractivity contribution in [1.29, 1.82) is 0 Å². The van der Waals surface area contributed by atoms with E-state index in [1.807, 2.05) is 35.9 Å². The molecule has 6 rings (SSSR count). The number of nitrogens with zero attached hydrogens (tertiary/aromatic N) is 5. The van der Waals surface area contributed by atoms with E-state index in [4.69, 9.17) is 9.47 Å². The average Bonchev–Trinajstić information content (AvgIpc) is 3.74. The molecule has 0 spiro atoms. The summed E-state index contributed by atoms with van der Waals surface area (Å²) in [6, 6.07) is 11.8. The smallest absolute Gasteiger partial charge is 0.253 e. The summed E-state index contributed by atoms with van der Waals surface area (Å²) in [7, 11) is 0. The fourth-order valence-electron chi connectivity index (χ4n) is 6.04. The number of pyridine rings is 1. The van der Waals surface area contributed by atoms with Gasteiger partial charge in [-0.2, -0.15) is 0 Å². The zero-order valence-corrected chi connectivity index (χ0v) is 23.2. The second-order valence-electron chi connectivity index (χ2n) is 10.6. The van der Waals surface area contributed by atoms with Crippen LogP contribution in [0.15, 0.2) is 46.6 Å². The van der Waals surface area contributed by atoms with Crippen LogP contribution in [0.1, 0.15) is 80.2 Å². The molecule has 9 nitrogen and oxygen atoms in total. The summed E-state index contributed by atoms with van der Waals surface area (Å²) in [6.07, 6.45) is 7.84. The van der Waals surface area contributed by atoms with Crippen LogP contribution in [0.5, 0.6) is 5.75 Å². The molecule has 0 radical (unpaired) electrons. The van der Waals surface area contributed by atoms with E-state index in [1.54, 1.807) is 11.3 Å². The van der Waals surface area contributed by atoms with Crippen LogP contribution in [0.4, 0.5) is 0 Å². The maximum atomic E-state index is 13.8. The average molecular weight is 549 g/mol. The van der Waals surface area contributed by atoms with Crippen LogP contribution in [-0.4, -0.2) is 56.0 Å². The Kier molecular flexibility index (Phi) is 8.03. The third-order valence-electron chi connectivity index (χ3n) is 7.90. The summed E-state index contributed by atoms with van der Waals surface area (Å²) in [6.45, 7) is 4.69. The number of hydrogen-bond acceptors (Lipinski definition) is 8. The van der Waals surface area contributed by atoms with E-state index in [9.17, 15) is 4.79 Å². The molecular weight excluding hydrogens is 512 g/mol. The summed E-state index contributed by atoms with van der Waals surface area (Å²) in [4.78, 5) is 20.5. The molecule has 0 bridgehead atoms. The minimum atomic E-state index is -0.433. The number of aromatic nitrogens is 5. The summed E-state index contributed by atoms with van der Waals surface area (Å²) in [5, 5.41) is 16.3. The predicted molar refractivity (Wildman–Crippen MR) is 151 cm³/mol. The van der Waals surface area contributed by atoms with Gasteiger partial charge >= 0.3 is 0 Å². The maximum absolute atomic E-state index is 13.8. The predicted octanol–water partition coefficient (Wildman–Crippen LogP) is 5.25. The van der Waals surface area contributed by atoms with E-state index in [1.165, 1.54) is 24.1 Å². The molecule has 1 aliphatic heterocycles. The normalized spacial score (nSPS) is 19.2. The maximum Gasteiger partial charge on any atom is 0.253 e. The molecule has 10 heteroatoms. The van der Waals surface area contributed by atoms with Gasteiger partial charge in [0.2, 0.25) is 0 Å². The second-order valence-corrected chi connectivity index (χ2v) is 11.6. The molecule has 1 N–H and O–H groups in total. The number of H-pyrrole nitrogens is 1. The lowest BCUT2D eigenvalue weighted by atomic mass is 9.95. The molecule has 206 valence electrons. The van der Waals surface area contributed by atoms with Crippen LogP contribution in [0.25, 0.3) is 10.9 Å². The van der Waals surface area contributed by atoms with Gasteiger partial charge in [-0.15, -0.1) is 16.4 Å². The Labute approximate surface area is 232 Å². The summed E-state index contributed by atoms with van der Waals surface area (Å²) < 4.78 is 13.9. The molecule has 2 fully saturated rings. The lowest BCUT2D eigenvalue weighted by Gasteiger charge is -2.33. The van der Waals surface area contributed by atoms with Gasteiger partial charge in [0.05, 0.1) is 18.8 Å². The van der Waals surface area contributed by atoms with E-state index in [0.29, 0.717) is 25.3 Å². The Balaban J connectivity index is 1.49. The molecule has 4 heterocycles. The zero-order chi connectivity index (χ0) is 26.6. The van der Waals surface area contributed by atoms with Crippen LogP contribution < -0.4 is 10.3 Å². The number of benzene rings is 1. The van der Waals surface area contributed by atoms with E-state index in [-0.39, 0.29) is 17.7 Å². The molecule has 0 amide bonds. The van der Waals surface area contributed by atoms with Crippen molar-refractivity contribution in [3.8, 4) is 5.75 Å². The first-order valence-corrected chi connectivity index (χ1v) is 15.0. The highest BCUT2D eigenvalue weighted by atomic mass is 32.1. The molecule has 2 atom stereocenters. The highest BCUT2D eigenvalue weighted by molar-refractivity contribution is 7.09. The number of ether oxygens (including phenoxy) is 2. The number of fused-ring (bicyclic) bond motifs is 1. The van der Waals surface area contributed by atoms with Crippen LogP contribution in [0.3, 0.4) is 0 Å². The quantitative estimate of drug-likeness (QED) is 0.289. The highest BCUT2D eigenvalue weighted by Crippen LogP contribution is 2.35. The monoisotopic (exact) mass is 548 g/mol. The van der Waals surface area contributed by atoms with Crippen LogP contribution in [-0.2, 0) is 11.3 Å². The van der Waals surface area contributed by atoms with Gasteiger partial charge in [-0.3, -0.25) is 9.69 Å². The van der Waals surface area contributed by atoms with Gasteiger partial charge in [0, 0.05) is 41.0 Å². The van der Waals surface area contributed by atoms with Gasteiger partial charge in [-0.25, -0.2) is 4.68 Å². The van der Waals surface area contributed by atoms with Gasteiger partial charge in [-0.05, 0) is 78.7 Å². The van der Waals surface area contributed by atoms with E-state index < -0.39 is 6.04 Å². The van der Waals surface area contributed by atoms with Crippen molar-refractivity contribution in [3.63, 3.8) is 0 Å². The number of tetrazole rings is 1. The van der Waals surface area contributed by atoms with Gasteiger partial charge < -0.3 is 14.5 Å². The summed E-state index contributed by atoms with van der Waals surface area (Å²) in [5.74, 6) is 1.50. The van der Waals surface area contributed by atoms with E-state index in [2.05, 4.69) is 42.9 Å². The van der Waals surface area contributed by atoms with Crippen molar-refractivity contribution in [3.05, 3.63) is 68.4 Å². The first kappa shape index (κ1) is 26.2. The Morgan fingerprint density at radius 1 is 1.18 bits per heavy atom. The van der Waals surface area contributed by atoms with Gasteiger partial charge in [0.1, 0.15) is 11.8 Å². The van der Waals surface area contributed by atoms with E-state index >= 15 is 0 Å². The SMILES string of the molecule is CCOc1ccc2[nH]c(=O)c([C@H](c3nnnn3C3CCCCC3)N(Cc3cccs3)C[C@H]3CCCO3)cc2c1. The fourth-order valence-corrected chi connectivity index (χ4v) is 6.77. The molecular formula is C29H36N6O3S. The van der Waals surface area contributed by atoms with E-state index in [0.717, 1.165) is 54.8 Å². The topological polar surface area (TPSA) is 98.2 Å². The number of hydrogen-bond donors (Lipinski definition) is 1. The fraction of sp³-hybridized carbons (Fsp3) is 0.517. The molecule has 1 aliphatic carbocycles. The lowest BCUT2D eigenvalue weighted by molar-refractivity contribution is 0.0571. The lowest BCUT2D eigenvalue weighted by Crippen LogP contribution is -2.39. The minimum absolute atomic E-state index is 0.107. The van der Waals surface area contributed by atoms with Gasteiger partial charge in [0.15, 0.2) is 5.82 Å². The Morgan fingerprint density at radius 2 is 2.08 bits per heavy atom. The Morgan fingerprint density at radius 3 is 2.85 bits per heavy atom. The number of nitrogens with one attached hydrogen (secondary N) is 1. The molecule has 1 aromatic carbocycles. The molecule has 0 unspecified atom stereocenters. The highest BCUT2D eigenvalue weighted by Gasteiger charge is 2.35. The van der Waals surface area contributed by atoms with Crippen molar-refractivity contribution in [1.82, 2.24) is 30.1 Å². The van der Waals surface area contributed by atoms with Crippen molar-refractivity contribution < 1.29 is 9.47 Å². The largest absolute Gasteiger partial charge is 0.494 e. The van der Waals surface area contributed by atoms with Gasteiger partial charge in [-0.1, -0.05) is 25.3 Å². The molecule has 1 saturated carbocycles. The van der Waals surface area contributed by atoms with Crippen molar-refractivity contribution >= 4 is 22.2 Å². The standard InChI is InChI=1S/C29H36N6O3S/c1-2-37-22-12-13-26-20(16-22)17-25(29(36)30-26)27(28-31-32-33-35(28)21-8-4-3-5-9-21)34(18-23-10-6-14-38-23)19-24-11-7-15-39-24/h7,11-13,15-17,21,23,27H,2-6,8-10,14,18-19H2,1H3,(H,30,36)/t23-,27-/m1/s1. The van der Waals surface area contributed by atoms with Crippen LogP contribution in [0, 0.1) is 0 Å². The van der Waals surface area contributed by atoms with Crippen molar-refractivity contribution in [2.75, 3.05) is 19.8 Å². The second kappa shape index (κ2) is 12.0. The third-order valence-corrected chi connectivity index (χ3v) is 8.76. The molecule has 39 heavy (non-hydrogen) atoms. The van der Waals surface area contributed by atoms with Crippen molar-refractivity contribution in [2.24, 2.45) is 0 Å². The zero-order valence-electron chi connectivity index (χ0n) is 22.4. The van der Waals surface area contributed by atoms with Crippen LogP contribution >= 0.6 is 11.3 Å². The summed E-state index contributed by atoms with van der Waals surface area (Å²) >= 11 is 1.72. The van der Waals surface area contributed by atoms with Crippen molar-refractivity contribution in [2.45, 2.75) is 76.6 Å². The Bertz CT molecular complexity index is 1420. The molecule has 1 saturated heterocycles. The number of thiophene rings is 1. The molecule has 4 aromatic rings.